The number of furan rings is 1. The molecule has 7 nitrogen and oxygen atoms in total. The van der Waals surface area contributed by atoms with Crippen molar-refractivity contribution in [2.45, 2.75) is 12.8 Å². The van der Waals surface area contributed by atoms with Crippen LogP contribution in [0.15, 0.2) is 41.0 Å². The van der Waals surface area contributed by atoms with Crippen LogP contribution in [0.5, 0.6) is 0 Å². The number of nitrogens with one attached hydrogen (secondary N) is 2. The summed E-state index contributed by atoms with van der Waals surface area (Å²) in [5, 5.41) is 2.79. The van der Waals surface area contributed by atoms with Crippen molar-refractivity contribution in [3.8, 4) is 11.6 Å². The Morgan fingerprint density at radius 1 is 1.33 bits per heavy atom. The number of ether oxygens (including phenoxy) is 1. The first-order valence-corrected chi connectivity index (χ1v) is 7.56. The van der Waals surface area contributed by atoms with Crippen molar-refractivity contribution in [1.29, 1.82) is 0 Å². The van der Waals surface area contributed by atoms with Crippen LogP contribution in [0, 0.1) is 5.41 Å². The number of esters is 1. The van der Waals surface area contributed by atoms with Gasteiger partial charge < -0.3 is 19.5 Å². The molecular weight excluding hydrogens is 310 g/mol. The Labute approximate surface area is 137 Å². The van der Waals surface area contributed by atoms with Crippen LogP contribution < -0.4 is 5.32 Å². The van der Waals surface area contributed by atoms with E-state index in [1.807, 2.05) is 6.07 Å². The first-order valence-electron chi connectivity index (χ1n) is 7.56. The van der Waals surface area contributed by atoms with Crippen LogP contribution in [0.3, 0.4) is 0 Å². The topological polar surface area (TPSA) is 97.2 Å². The molecule has 2 aromatic heterocycles. The highest BCUT2D eigenvalue weighted by molar-refractivity contribution is 6.11. The normalized spacial score (nSPS) is 15.2. The number of nitrogens with zero attached hydrogens (tertiary/aromatic N) is 1. The van der Waals surface area contributed by atoms with Gasteiger partial charge in [-0.1, -0.05) is 0 Å². The second-order valence-corrected chi connectivity index (χ2v) is 5.82. The Morgan fingerprint density at radius 2 is 2.17 bits per heavy atom. The zero-order valence-corrected chi connectivity index (χ0v) is 13.0. The van der Waals surface area contributed by atoms with Crippen LogP contribution in [0.4, 0.5) is 5.69 Å². The van der Waals surface area contributed by atoms with E-state index in [4.69, 9.17) is 9.15 Å². The molecule has 0 radical (unpaired) electrons. The lowest BCUT2D eigenvalue weighted by molar-refractivity contribution is -0.150. The van der Waals surface area contributed by atoms with Gasteiger partial charge in [-0.15, -0.1) is 0 Å². The number of carbonyl (C=O) groups is 2. The zero-order valence-electron chi connectivity index (χ0n) is 13.0. The highest BCUT2D eigenvalue weighted by Crippen LogP contribution is 2.47. The number of imidazole rings is 1. The molecule has 1 aliphatic rings. The Morgan fingerprint density at radius 3 is 2.83 bits per heavy atom. The van der Waals surface area contributed by atoms with Crippen LogP contribution in [-0.4, -0.2) is 29.0 Å². The van der Waals surface area contributed by atoms with E-state index in [0.717, 1.165) is 11.0 Å². The largest absolute Gasteiger partial charge is 0.468 e. The van der Waals surface area contributed by atoms with Gasteiger partial charge in [0.2, 0.25) is 5.91 Å². The zero-order chi connectivity index (χ0) is 16.7. The number of benzene rings is 1. The fraction of sp³-hybridized carbons (Fsp3) is 0.235. The number of aromatic nitrogens is 2. The first kappa shape index (κ1) is 14.5. The predicted octanol–water partition coefficient (Wildman–Crippen LogP) is 2.71. The maximum Gasteiger partial charge on any atom is 0.321 e. The summed E-state index contributed by atoms with van der Waals surface area (Å²) in [4.78, 5) is 31.7. The fourth-order valence-corrected chi connectivity index (χ4v) is 2.71. The highest BCUT2D eigenvalue weighted by atomic mass is 16.5. The third-order valence-corrected chi connectivity index (χ3v) is 4.26. The number of anilines is 1. The highest BCUT2D eigenvalue weighted by Gasteiger charge is 2.57. The molecule has 1 aromatic carbocycles. The number of fused-ring (bicyclic) bond motifs is 1. The maximum atomic E-state index is 12.4. The number of H-pyrrole nitrogens is 1. The van der Waals surface area contributed by atoms with Crippen LogP contribution in [-0.2, 0) is 14.3 Å². The minimum atomic E-state index is -1.03. The van der Waals surface area contributed by atoms with E-state index in [9.17, 15) is 9.59 Å². The molecule has 122 valence electrons. The fourth-order valence-electron chi connectivity index (χ4n) is 2.71. The van der Waals surface area contributed by atoms with E-state index < -0.39 is 11.4 Å². The van der Waals surface area contributed by atoms with Gasteiger partial charge in [0.1, 0.15) is 5.41 Å². The lowest BCUT2D eigenvalue weighted by atomic mass is 10.1. The van der Waals surface area contributed by atoms with Gasteiger partial charge in [0.25, 0.3) is 0 Å². The average molecular weight is 325 g/mol. The summed E-state index contributed by atoms with van der Waals surface area (Å²) in [5.41, 5.74) is 1.09. The number of hydrogen-bond acceptors (Lipinski definition) is 5. The van der Waals surface area contributed by atoms with Crippen molar-refractivity contribution >= 4 is 28.6 Å². The smallest absolute Gasteiger partial charge is 0.321 e. The van der Waals surface area contributed by atoms with Gasteiger partial charge in [-0.2, -0.15) is 0 Å². The molecule has 2 heterocycles. The van der Waals surface area contributed by atoms with E-state index in [0.29, 0.717) is 30.1 Å². The average Bonchev–Trinajstić information content (AvgIpc) is 3.04. The lowest BCUT2D eigenvalue weighted by Gasteiger charge is -2.12. The number of rotatable bonds is 4. The van der Waals surface area contributed by atoms with Gasteiger partial charge in [-0.05, 0) is 43.2 Å². The maximum absolute atomic E-state index is 12.4. The summed E-state index contributed by atoms with van der Waals surface area (Å²) in [6, 6.07) is 8.93. The Balaban J connectivity index is 1.59. The molecule has 0 aliphatic heterocycles. The number of aromatic amines is 1. The SMILES string of the molecule is COC(=O)C1(C(=O)Nc2ccc3nc(-c4ccco4)[nH]c3c2)CC1. The first-order chi connectivity index (χ1) is 11.6. The molecule has 0 unspecified atom stereocenters. The molecule has 24 heavy (non-hydrogen) atoms. The summed E-state index contributed by atoms with van der Waals surface area (Å²) in [6.45, 7) is 0. The third-order valence-electron chi connectivity index (χ3n) is 4.26. The van der Waals surface area contributed by atoms with Gasteiger partial charge in [-0.3, -0.25) is 9.59 Å². The van der Waals surface area contributed by atoms with E-state index in [-0.39, 0.29) is 5.91 Å². The van der Waals surface area contributed by atoms with Crippen molar-refractivity contribution in [3.63, 3.8) is 0 Å². The molecule has 7 heteroatoms. The van der Waals surface area contributed by atoms with Gasteiger partial charge in [0.05, 0.1) is 24.4 Å². The van der Waals surface area contributed by atoms with Crippen molar-refractivity contribution in [3.05, 3.63) is 36.6 Å². The van der Waals surface area contributed by atoms with Crippen molar-refractivity contribution in [1.82, 2.24) is 9.97 Å². The van der Waals surface area contributed by atoms with E-state index >= 15 is 0 Å². The molecule has 1 saturated carbocycles. The number of carbonyl (C=O) groups excluding carboxylic acids is 2. The van der Waals surface area contributed by atoms with E-state index in [1.54, 1.807) is 30.5 Å². The molecule has 0 spiro atoms. The van der Waals surface area contributed by atoms with E-state index in [2.05, 4.69) is 15.3 Å². The lowest BCUT2D eigenvalue weighted by Crippen LogP contribution is -2.32. The van der Waals surface area contributed by atoms with E-state index in [1.165, 1.54) is 7.11 Å². The molecule has 0 saturated heterocycles. The molecule has 2 N–H and O–H groups in total. The molecule has 0 atom stereocenters. The van der Waals surface area contributed by atoms with Gasteiger partial charge in [0, 0.05) is 5.69 Å². The van der Waals surface area contributed by atoms with Gasteiger partial charge >= 0.3 is 5.97 Å². The third kappa shape index (κ3) is 2.25. The number of amides is 1. The molecule has 1 aliphatic carbocycles. The molecule has 3 aromatic rings. The van der Waals surface area contributed by atoms with Crippen molar-refractivity contribution < 1.29 is 18.7 Å². The monoisotopic (exact) mass is 325 g/mol. The van der Waals surface area contributed by atoms with Crippen molar-refractivity contribution in [2.24, 2.45) is 5.41 Å². The Bertz CT molecular complexity index is 923. The number of methoxy groups -OCH3 is 1. The Hall–Kier alpha value is -3.09. The van der Waals surface area contributed by atoms with Crippen LogP contribution >= 0.6 is 0 Å². The minimum absolute atomic E-state index is 0.334. The van der Waals surface area contributed by atoms with Crippen LogP contribution in [0.2, 0.25) is 0 Å². The summed E-state index contributed by atoms with van der Waals surface area (Å²) < 4.78 is 10.0. The summed E-state index contributed by atoms with van der Waals surface area (Å²) in [6.07, 6.45) is 2.61. The summed E-state index contributed by atoms with van der Waals surface area (Å²) in [7, 11) is 1.29. The second-order valence-electron chi connectivity index (χ2n) is 5.82. The number of hydrogen-bond donors (Lipinski definition) is 2. The standard InChI is InChI=1S/C17H15N3O4/c1-23-16(22)17(6-7-17)15(21)18-10-4-5-11-12(9-10)20-14(19-11)13-3-2-8-24-13/h2-5,8-9H,6-7H2,1H3,(H,18,21)(H,19,20). The summed E-state index contributed by atoms with van der Waals surface area (Å²) in [5.74, 6) is 0.438. The molecular formula is C17H15N3O4. The second kappa shape index (κ2) is 5.23. The Kier molecular flexibility index (Phi) is 3.16. The minimum Gasteiger partial charge on any atom is -0.468 e. The molecule has 1 amide bonds. The predicted molar refractivity (Wildman–Crippen MR) is 86.1 cm³/mol. The molecule has 4 rings (SSSR count). The molecule has 1 fully saturated rings. The molecule has 0 bridgehead atoms. The summed E-state index contributed by atoms with van der Waals surface area (Å²) >= 11 is 0. The van der Waals surface area contributed by atoms with Crippen LogP contribution in [0.25, 0.3) is 22.6 Å². The van der Waals surface area contributed by atoms with Crippen LogP contribution in [0.1, 0.15) is 12.8 Å². The quantitative estimate of drug-likeness (QED) is 0.568. The van der Waals surface area contributed by atoms with Gasteiger partial charge in [0.15, 0.2) is 11.6 Å². The van der Waals surface area contributed by atoms with Gasteiger partial charge in [-0.25, -0.2) is 4.98 Å². The van der Waals surface area contributed by atoms with Crippen molar-refractivity contribution in [2.75, 3.05) is 12.4 Å².